The maximum atomic E-state index is 5.77. The number of hydrogen-bond acceptors (Lipinski definition) is 6. The molecule has 0 aromatic heterocycles. The molecule has 0 radical (unpaired) electrons. The second-order valence-electron chi connectivity index (χ2n) is 8.36. The summed E-state index contributed by atoms with van der Waals surface area (Å²) in [5, 5.41) is 0. The van der Waals surface area contributed by atoms with Gasteiger partial charge in [-0.3, -0.25) is 0 Å². The van der Waals surface area contributed by atoms with Crippen molar-refractivity contribution >= 4 is 0 Å². The first-order valence-corrected chi connectivity index (χ1v) is 11.0. The van der Waals surface area contributed by atoms with E-state index in [0.717, 1.165) is 31.1 Å². The first kappa shape index (κ1) is 22.1. The van der Waals surface area contributed by atoms with Crippen LogP contribution in [0.3, 0.4) is 0 Å². The second-order valence-corrected chi connectivity index (χ2v) is 8.36. The average molecular weight is 429 g/mol. The van der Waals surface area contributed by atoms with Crippen molar-refractivity contribution in [2.45, 2.75) is 38.1 Å². The van der Waals surface area contributed by atoms with Crippen LogP contribution in [0.1, 0.15) is 31.4 Å². The highest BCUT2D eigenvalue weighted by Crippen LogP contribution is 2.33. The van der Waals surface area contributed by atoms with Crippen molar-refractivity contribution in [2.75, 3.05) is 46.2 Å². The van der Waals surface area contributed by atoms with Crippen LogP contribution in [0.5, 0.6) is 11.5 Å². The van der Waals surface area contributed by atoms with Gasteiger partial charge in [-0.15, -0.1) is 0 Å². The zero-order chi connectivity index (χ0) is 21.5. The lowest BCUT2D eigenvalue weighted by atomic mass is 9.78. The van der Waals surface area contributed by atoms with E-state index in [9.17, 15) is 0 Å². The first-order chi connectivity index (χ1) is 15.1. The molecule has 0 saturated carbocycles. The third-order valence-corrected chi connectivity index (χ3v) is 5.67. The normalized spacial score (nSPS) is 20.2. The first-order valence-electron chi connectivity index (χ1n) is 11.0. The van der Waals surface area contributed by atoms with Gasteiger partial charge in [-0.05, 0) is 35.4 Å². The van der Waals surface area contributed by atoms with Crippen LogP contribution in [-0.4, -0.2) is 58.6 Å². The van der Waals surface area contributed by atoms with Crippen LogP contribution in [0.2, 0.25) is 0 Å². The Labute approximate surface area is 184 Å². The summed E-state index contributed by atoms with van der Waals surface area (Å²) in [4.78, 5) is 0. The van der Waals surface area contributed by atoms with Crippen LogP contribution in [0.25, 0.3) is 0 Å². The maximum Gasteiger partial charge on any atom is 0.159 e. The van der Waals surface area contributed by atoms with Gasteiger partial charge >= 0.3 is 0 Å². The summed E-state index contributed by atoms with van der Waals surface area (Å²) in [6.07, 6.45) is 1.23. The van der Waals surface area contributed by atoms with Gasteiger partial charge < -0.3 is 28.4 Å². The second kappa shape index (κ2) is 10.5. The molecule has 6 heteroatoms. The monoisotopic (exact) mass is 428 g/mol. The maximum absolute atomic E-state index is 5.77. The lowest BCUT2D eigenvalue weighted by Gasteiger charge is -2.27. The van der Waals surface area contributed by atoms with Gasteiger partial charge in [0.25, 0.3) is 0 Å². The van der Waals surface area contributed by atoms with Crippen LogP contribution in [0.4, 0.5) is 0 Å². The molecule has 4 rings (SSSR count). The molecule has 2 aromatic rings. The largest absolute Gasteiger partial charge is 0.491 e. The van der Waals surface area contributed by atoms with E-state index >= 15 is 0 Å². The summed E-state index contributed by atoms with van der Waals surface area (Å²) in [5.41, 5.74) is 2.32. The van der Waals surface area contributed by atoms with E-state index in [-0.39, 0.29) is 11.7 Å². The van der Waals surface area contributed by atoms with E-state index in [1.807, 2.05) is 24.3 Å². The Kier molecular flexibility index (Phi) is 7.45. The third kappa shape index (κ3) is 6.43. The lowest BCUT2D eigenvalue weighted by molar-refractivity contribution is -0.216. The van der Waals surface area contributed by atoms with E-state index in [4.69, 9.17) is 28.4 Å². The fourth-order valence-electron chi connectivity index (χ4n) is 3.38. The minimum absolute atomic E-state index is 0.0423. The third-order valence-electron chi connectivity index (χ3n) is 5.67. The summed E-state index contributed by atoms with van der Waals surface area (Å²) in [6.45, 7) is 8.87. The van der Waals surface area contributed by atoms with E-state index < -0.39 is 0 Å². The van der Waals surface area contributed by atoms with E-state index in [2.05, 4.69) is 38.1 Å². The predicted octanol–water partition coefficient (Wildman–Crippen LogP) is 3.95. The van der Waals surface area contributed by atoms with Gasteiger partial charge in [0.1, 0.15) is 30.8 Å². The Morgan fingerprint density at radius 3 is 1.84 bits per heavy atom. The summed E-state index contributed by atoms with van der Waals surface area (Å²) in [6, 6.07) is 16.6. The van der Waals surface area contributed by atoms with Crippen LogP contribution >= 0.6 is 0 Å². The lowest BCUT2D eigenvalue weighted by Crippen LogP contribution is -2.30. The molecular weight excluding hydrogens is 396 g/mol. The molecule has 2 aliphatic heterocycles. The Balaban J connectivity index is 1.23. The van der Waals surface area contributed by atoms with E-state index in [1.165, 1.54) is 11.1 Å². The molecule has 0 amide bonds. The minimum atomic E-state index is -0.130. The van der Waals surface area contributed by atoms with Crippen molar-refractivity contribution in [3.05, 3.63) is 59.7 Å². The van der Waals surface area contributed by atoms with E-state index in [1.54, 1.807) is 0 Å². The van der Waals surface area contributed by atoms with Crippen molar-refractivity contribution in [1.82, 2.24) is 0 Å². The average Bonchev–Trinajstić information content (AvgIpc) is 3.57. The van der Waals surface area contributed by atoms with Gasteiger partial charge in [-0.2, -0.15) is 0 Å². The fourth-order valence-corrected chi connectivity index (χ4v) is 3.38. The number of ether oxygens (including phenoxy) is 6. The summed E-state index contributed by atoms with van der Waals surface area (Å²) < 4.78 is 32.9. The minimum Gasteiger partial charge on any atom is -0.491 e. The zero-order valence-electron chi connectivity index (χ0n) is 18.4. The Morgan fingerprint density at radius 1 is 0.806 bits per heavy atom. The molecule has 0 spiro atoms. The molecule has 168 valence electrons. The van der Waals surface area contributed by atoms with Crippen molar-refractivity contribution < 1.29 is 28.4 Å². The van der Waals surface area contributed by atoms with Gasteiger partial charge in [-0.25, -0.2) is 0 Å². The molecule has 0 bridgehead atoms. The molecule has 2 aliphatic rings. The highest BCUT2D eigenvalue weighted by atomic mass is 16.7. The molecule has 0 N–H and O–H groups in total. The van der Waals surface area contributed by atoms with Crippen LogP contribution in [0.15, 0.2) is 48.5 Å². The summed E-state index contributed by atoms with van der Waals surface area (Å²) >= 11 is 0. The van der Waals surface area contributed by atoms with Crippen molar-refractivity contribution in [1.29, 1.82) is 0 Å². The highest BCUT2D eigenvalue weighted by Gasteiger charge is 2.24. The number of epoxide rings is 1. The summed E-state index contributed by atoms with van der Waals surface area (Å²) in [7, 11) is 0. The number of rotatable bonds is 13. The predicted molar refractivity (Wildman–Crippen MR) is 117 cm³/mol. The number of benzene rings is 2. The Hall–Kier alpha value is -2.12. The molecule has 0 aliphatic carbocycles. The molecule has 2 heterocycles. The highest BCUT2D eigenvalue weighted by molar-refractivity contribution is 5.41. The van der Waals surface area contributed by atoms with E-state index in [0.29, 0.717) is 39.1 Å². The quantitative estimate of drug-likeness (QED) is 0.356. The van der Waals surface area contributed by atoms with Crippen LogP contribution < -0.4 is 9.47 Å². The standard InChI is InChI=1S/C25H32O6/c1-25(2,19-3-7-21(8-4-19)27-14-13-26-17-23-18-31-23)20-5-9-22(10-6-20)28-15-16-30-24-11-12-29-24/h3-10,23-24H,11-18H2,1-2H3. The molecule has 31 heavy (non-hydrogen) atoms. The SMILES string of the molecule is CC(C)(c1ccc(OCCOCC2CO2)cc1)c1ccc(OCCOC2CCO2)cc1. The molecule has 2 saturated heterocycles. The molecule has 2 fully saturated rings. The van der Waals surface area contributed by atoms with Crippen LogP contribution in [0, 0.1) is 0 Å². The molecule has 2 unspecified atom stereocenters. The molecular formula is C25H32O6. The van der Waals surface area contributed by atoms with Gasteiger partial charge in [0.05, 0.1) is 33.0 Å². The van der Waals surface area contributed by atoms with Crippen molar-refractivity contribution in [3.63, 3.8) is 0 Å². The topological polar surface area (TPSA) is 58.7 Å². The molecule has 2 atom stereocenters. The molecule has 6 nitrogen and oxygen atoms in total. The van der Waals surface area contributed by atoms with Crippen molar-refractivity contribution in [3.8, 4) is 11.5 Å². The Morgan fingerprint density at radius 2 is 1.35 bits per heavy atom. The van der Waals surface area contributed by atoms with Crippen molar-refractivity contribution in [2.24, 2.45) is 0 Å². The zero-order valence-corrected chi connectivity index (χ0v) is 18.4. The van der Waals surface area contributed by atoms with Gasteiger partial charge in [-0.1, -0.05) is 38.1 Å². The smallest absolute Gasteiger partial charge is 0.159 e. The van der Waals surface area contributed by atoms with Gasteiger partial charge in [0, 0.05) is 11.8 Å². The number of hydrogen-bond donors (Lipinski definition) is 0. The van der Waals surface area contributed by atoms with Gasteiger partial charge in [0.15, 0.2) is 6.29 Å². The van der Waals surface area contributed by atoms with Gasteiger partial charge in [0.2, 0.25) is 0 Å². The Bertz CT molecular complexity index is 794. The summed E-state index contributed by atoms with van der Waals surface area (Å²) in [5.74, 6) is 1.70. The molecule has 2 aromatic carbocycles. The fraction of sp³-hybridized carbons (Fsp3) is 0.520. The van der Waals surface area contributed by atoms with Crippen LogP contribution in [-0.2, 0) is 24.4 Å².